The van der Waals surface area contributed by atoms with E-state index in [1.165, 1.54) is 0 Å². The lowest BCUT2D eigenvalue weighted by atomic mass is 10.1. The Morgan fingerprint density at radius 3 is 2.48 bits per heavy atom. The second kappa shape index (κ2) is 9.05. The summed E-state index contributed by atoms with van der Waals surface area (Å²) in [5, 5.41) is 5.37. The molecule has 1 aromatic carbocycles. The lowest BCUT2D eigenvalue weighted by molar-refractivity contribution is -0.139. The molecule has 1 fully saturated rings. The number of rotatable bonds is 4. The highest BCUT2D eigenvalue weighted by Gasteiger charge is 2.26. The summed E-state index contributed by atoms with van der Waals surface area (Å²) in [6.07, 6.45) is 0.883. The molecular formula is C18H25N3O4. The highest BCUT2D eigenvalue weighted by atomic mass is 16.6. The third-order valence-electron chi connectivity index (χ3n) is 4.26. The zero-order valence-electron chi connectivity index (χ0n) is 14.7. The molecule has 1 aliphatic rings. The van der Waals surface area contributed by atoms with Crippen LogP contribution in [0.2, 0.25) is 0 Å². The van der Waals surface area contributed by atoms with Gasteiger partial charge in [-0.25, -0.2) is 4.79 Å². The van der Waals surface area contributed by atoms with E-state index < -0.39 is 11.8 Å². The highest BCUT2D eigenvalue weighted by molar-refractivity contribution is 6.35. The van der Waals surface area contributed by atoms with Crippen molar-refractivity contribution in [2.45, 2.75) is 39.3 Å². The quantitative estimate of drug-likeness (QED) is 0.805. The van der Waals surface area contributed by atoms with Crippen molar-refractivity contribution in [2.75, 3.05) is 19.7 Å². The first-order valence-electron chi connectivity index (χ1n) is 8.56. The summed E-state index contributed by atoms with van der Waals surface area (Å²) < 4.78 is 4.96. The second-order valence-electron chi connectivity index (χ2n) is 6.04. The van der Waals surface area contributed by atoms with Crippen molar-refractivity contribution in [3.05, 3.63) is 35.4 Å². The number of nitrogens with one attached hydrogen (secondary N) is 2. The molecule has 1 saturated heterocycles. The Balaban J connectivity index is 1.74. The van der Waals surface area contributed by atoms with E-state index in [0.717, 1.165) is 11.1 Å². The van der Waals surface area contributed by atoms with Gasteiger partial charge in [-0.3, -0.25) is 9.59 Å². The standard InChI is InChI=1S/C18H25N3O4/c1-3-25-18(24)21-10-8-15(9-11-21)20-17(23)16(22)19-12-14-7-5-4-6-13(14)2/h4-7,15H,3,8-12H2,1-2H3,(H,19,22)(H,20,23). The van der Waals surface area contributed by atoms with E-state index in [-0.39, 0.29) is 12.1 Å². The topological polar surface area (TPSA) is 87.7 Å². The molecule has 25 heavy (non-hydrogen) atoms. The summed E-state index contributed by atoms with van der Waals surface area (Å²) in [6.45, 7) is 5.40. The lowest BCUT2D eigenvalue weighted by Gasteiger charge is -2.31. The molecule has 2 rings (SSSR count). The lowest BCUT2D eigenvalue weighted by Crippen LogP contribution is -2.50. The predicted molar refractivity (Wildman–Crippen MR) is 92.8 cm³/mol. The molecule has 136 valence electrons. The number of aryl methyl sites for hydroxylation is 1. The van der Waals surface area contributed by atoms with Crippen LogP contribution in [-0.4, -0.2) is 48.5 Å². The maximum absolute atomic E-state index is 12.0. The van der Waals surface area contributed by atoms with E-state index in [9.17, 15) is 14.4 Å². The SMILES string of the molecule is CCOC(=O)N1CCC(NC(=O)C(=O)NCc2ccccc2C)CC1. The van der Waals surface area contributed by atoms with Crippen molar-refractivity contribution >= 4 is 17.9 Å². The van der Waals surface area contributed by atoms with Crippen LogP contribution >= 0.6 is 0 Å². The maximum Gasteiger partial charge on any atom is 0.409 e. The van der Waals surface area contributed by atoms with Crippen LogP contribution in [0.1, 0.15) is 30.9 Å². The van der Waals surface area contributed by atoms with Crippen molar-refractivity contribution in [1.82, 2.24) is 15.5 Å². The number of piperidine rings is 1. The van der Waals surface area contributed by atoms with Crippen molar-refractivity contribution in [1.29, 1.82) is 0 Å². The predicted octanol–water partition coefficient (Wildman–Crippen LogP) is 1.35. The molecule has 1 aromatic rings. The van der Waals surface area contributed by atoms with E-state index >= 15 is 0 Å². The van der Waals surface area contributed by atoms with Crippen LogP contribution in [0.15, 0.2) is 24.3 Å². The average molecular weight is 347 g/mol. The molecule has 2 N–H and O–H groups in total. The van der Waals surface area contributed by atoms with Gasteiger partial charge in [-0.05, 0) is 37.8 Å². The Bertz CT molecular complexity index is 625. The van der Waals surface area contributed by atoms with Gasteiger partial charge in [-0.1, -0.05) is 24.3 Å². The van der Waals surface area contributed by atoms with E-state index in [4.69, 9.17) is 4.74 Å². The number of benzene rings is 1. The fourth-order valence-corrected chi connectivity index (χ4v) is 2.74. The molecular weight excluding hydrogens is 322 g/mol. The van der Waals surface area contributed by atoms with Crippen LogP contribution in [0.3, 0.4) is 0 Å². The monoisotopic (exact) mass is 347 g/mol. The van der Waals surface area contributed by atoms with Gasteiger partial charge in [0, 0.05) is 25.7 Å². The smallest absolute Gasteiger partial charge is 0.409 e. The Hall–Kier alpha value is -2.57. The van der Waals surface area contributed by atoms with Crippen LogP contribution in [-0.2, 0) is 20.9 Å². The number of hydrogen-bond donors (Lipinski definition) is 2. The minimum atomic E-state index is -0.643. The number of likely N-dealkylation sites (tertiary alicyclic amines) is 1. The van der Waals surface area contributed by atoms with Gasteiger partial charge in [0.25, 0.3) is 0 Å². The Labute approximate surface area is 147 Å². The second-order valence-corrected chi connectivity index (χ2v) is 6.04. The number of nitrogens with zero attached hydrogens (tertiary/aromatic N) is 1. The first-order valence-corrected chi connectivity index (χ1v) is 8.56. The summed E-state index contributed by atoms with van der Waals surface area (Å²) in [7, 11) is 0. The van der Waals surface area contributed by atoms with Gasteiger partial charge in [0.05, 0.1) is 6.61 Å². The van der Waals surface area contributed by atoms with Crippen LogP contribution in [0, 0.1) is 6.92 Å². The number of carbonyl (C=O) groups excluding carboxylic acids is 3. The van der Waals surface area contributed by atoms with Crippen molar-refractivity contribution in [3.8, 4) is 0 Å². The molecule has 0 atom stereocenters. The summed E-state index contributed by atoms with van der Waals surface area (Å²) in [4.78, 5) is 37.2. The zero-order valence-corrected chi connectivity index (χ0v) is 14.7. The molecule has 0 aliphatic carbocycles. The van der Waals surface area contributed by atoms with E-state index in [0.29, 0.717) is 39.1 Å². The molecule has 0 radical (unpaired) electrons. The van der Waals surface area contributed by atoms with Gasteiger partial charge in [0.1, 0.15) is 0 Å². The molecule has 0 aromatic heterocycles. The van der Waals surface area contributed by atoms with E-state index in [1.807, 2.05) is 31.2 Å². The molecule has 0 unspecified atom stereocenters. The first kappa shape index (κ1) is 18.8. The summed E-state index contributed by atoms with van der Waals surface area (Å²) in [5.41, 5.74) is 2.04. The number of hydrogen-bond acceptors (Lipinski definition) is 4. The normalized spacial score (nSPS) is 14.7. The van der Waals surface area contributed by atoms with Crippen LogP contribution < -0.4 is 10.6 Å². The maximum atomic E-state index is 12.0. The summed E-state index contributed by atoms with van der Waals surface area (Å²) in [6, 6.07) is 7.58. The van der Waals surface area contributed by atoms with E-state index in [2.05, 4.69) is 10.6 Å². The molecule has 0 bridgehead atoms. The van der Waals surface area contributed by atoms with Crippen LogP contribution in [0.4, 0.5) is 4.79 Å². The Kier molecular flexibility index (Phi) is 6.80. The molecule has 7 nitrogen and oxygen atoms in total. The minimum Gasteiger partial charge on any atom is -0.450 e. The molecule has 1 aliphatic heterocycles. The average Bonchev–Trinajstić information content (AvgIpc) is 2.61. The number of amides is 3. The molecule has 1 heterocycles. The Morgan fingerprint density at radius 2 is 1.84 bits per heavy atom. The van der Waals surface area contributed by atoms with Crippen LogP contribution in [0.5, 0.6) is 0 Å². The fourth-order valence-electron chi connectivity index (χ4n) is 2.74. The molecule has 3 amide bonds. The Morgan fingerprint density at radius 1 is 1.16 bits per heavy atom. The van der Waals surface area contributed by atoms with E-state index in [1.54, 1.807) is 11.8 Å². The summed E-state index contributed by atoms with van der Waals surface area (Å²) >= 11 is 0. The minimum absolute atomic E-state index is 0.109. The van der Waals surface area contributed by atoms with Gasteiger partial charge in [-0.15, -0.1) is 0 Å². The third-order valence-corrected chi connectivity index (χ3v) is 4.26. The number of carbonyl (C=O) groups is 3. The number of ether oxygens (including phenoxy) is 1. The highest BCUT2D eigenvalue weighted by Crippen LogP contribution is 2.11. The van der Waals surface area contributed by atoms with Crippen LogP contribution in [0.25, 0.3) is 0 Å². The van der Waals surface area contributed by atoms with Crippen molar-refractivity contribution in [3.63, 3.8) is 0 Å². The third kappa shape index (κ3) is 5.48. The van der Waals surface area contributed by atoms with Gasteiger partial charge < -0.3 is 20.3 Å². The zero-order chi connectivity index (χ0) is 18.2. The first-order chi connectivity index (χ1) is 12.0. The summed E-state index contributed by atoms with van der Waals surface area (Å²) in [5.74, 6) is -1.28. The van der Waals surface area contributed by atoms with Gasteiger partial charge in [0.15, 0.2) is 0 Å². The van der Waals surface area contributed by atoms with Gasteiger partial charge in [-0.2, -0.15) is 0 Å². The molecule has 0 spiro atoms. The molecule has 0 saturated carbocycles. The fraction of sp³-hybridized carbons (Fsp3) is 0.500. The molecule has 7 heteroatoms. The van der Waals surface area contributed by atoms with Crippen molar-refractivity contribution < 1.29 is 19.1 Å². The van der Waals surface area contributed by atoms with Gasteiger partial charge in [0.2, 0.25) is 0 Å². The largest absolute Gasteiger partial charge is 0.450 e. The van der Waals surface area contributed by atoms with Crippen molar-refractivity contribution in [2.24, 2.45) is 0 Å². The van der Waals surface area contributed by atoms with Gasteiger partial charge >= 0.3 is 17.9 Å².